The summed E-state index contributed by atoms with van der Waals surface area (Å²) >= 11 is 0. The van der Waals surface area contributed by atoms with Gasteiger partial charge in [0.25, 0.3) is 0 Å². The fourth-order valence-corrected chi connectivity index (χ4v) is 2.19. The molecular weight excluding hydrogens is 198 g/mol. The number of pyridine rings is 1. The second-order valence-corrected chi connectivity index (χ2v) is 5.30. The van der Waals surface area contributed by atoms with Gasteiger partial charge in [-0.1, -0.05) is 13.8 Å². The first-order chi connectivity index (χ1) is 7.50. The maximum Gasteiger partial charge on any atom is 0.130 e. The Morgan fingerprint density at radius 2 is 2.19 bits per heavy atom. The molecule has 1 aliphatic heterocycles. The van der Waals surface area contributed by atoms with Crippen LogP contribution in [0.3, 0.4) is 0 Å². The van der Waals surface area contributed by atoms with Gasteiger partial charge in [0.15, 0.2) is 0 Å². The molecule has 3 nitrogen and oxygen atoms in total. The Bertz CT molecular complexity index is 443. The molecule has 2 heterocycles. The van der Waals surface area contributed by atoms with Gasteiger partial charge in [0.2, 0.25) is 0 Å². The van der Waals surface area contributed by atoms with Crippen LogP contribution in [0.5, 0.6) is 0 Å². The number of rotatable bonds is 1. The fourth-order valence-electron chi connectivity index (χ4n) is 2.19. The predicted molar refractivity (Wildman–Crippen MR) is 64.3 cm³/mol. The van der Waals surface area contributed by atoms with Crippen LogP contribution in [0.25, 0.3) is 0 Å². The van der Waals surface area contributed by atoms with E-state index in [4.69, 9.17) is 5.26 Å². The fraction of sp³-hybridized carbons (Fsp3) is 0.538. The Labute approximate surface area is 96.7 Å². The standard InChI is InChI=1S/C13H17N3/c1-10-6-11(8-14)7-12(15-10)16-5-4-13(2,3)9-16/h6-7H,4-5,9H2,1-3H3. The SMILES string of the molecule is Cc1cc(C#N)cc(N2CCC(C)(C)C2)n1. The van der Waals surface area contributed by atoms with Crippen molar-refractivity contribution in [3.05, 3.63) is 23.4 Å². The van der Waals surface area contributed by atoms with Gasteiger partial charge in [-0.3, -0.25) is 0 Å². The van der Waals surface area contributed by atoms with E-state index in [1.54, 1.807) is 0 Å². The van der Waals surface area contributed by atoms with Crippen molar-refractivity contribution in [2.45, 2.75) is 27.2 Å². The molecule has 0 saturated carbocycles. The van der Waals surface area contributed by atoms with Gasteiger partial charge in [0, 0.05) is 18.8 Å². The largest absolute Gasteiger partial charge is 0.356 e. The lowest BCUT2D eigenvalue weighted by Crippen LogP contribution is -2.23. The Morgan fingerprint density at radius 3 is 2.75 bits per heavy atom. The van der Waals surface area contributed by atoms with E-state index in [-0.39, 0.29) is 0 Å². The lowest BCUT2D eigenvalue weighted by atomic mass is 9.93. The summed E-state index contributed by atoms with van der Waals surface area (Å²) < 4.78 is 0. The van der Waals surface area contributed by atoms with Gasteiger partial charge in [-0.2, -0.15) is 5.26 Å². The molecule has 1 fully saturated rings. The Hall–Kier alpha value is -1.56. The predicted octanol–water partition coefficient (Wildman–Crippen LogP) is 2.50. The zero-order valence-electron chi connectivity index (χ0n) is 10.1. The first-order valence-corrected chi connectivity index (χ1v) is 5.64. The summed E-state index contributed by atoms with van der Waals surface area (Å²) in [7, 11) is 0. The molecule has 0 amide bonds. The van der Waals surface area contributed by atoms with Crippen molar-refractivity contribution in [1.29, 1.82) is 5.26 Å². The number of hydrogen-bond donors (Lipinski definition) is 0. The third-order valence-electron chi connectivity index (χ3n) is 3.07. The molecule has 0 spiro atoms. The van der Waals surface area contributed by atoms with Crippen molar-refractivity contribution in [3.8, 4) is 6.07 Å². The van der Waals surface area contributed by atoms with Gasteiger partial charge in [0.05, 0.1) is 11.6 Å². The monoisotopic (exact) mass is 215 g/mol. The van der Waals surface area contributed by atoms with Crippen LogP contribution < -0.4 is 4.90 Å². The van der Waals surface area contributed by atoms with Gasteiger partial charge in [-0.05, 0) is 30.9 Å². The highest BCUT2D eigenvalue weighted by atomic mass is 15.2. The Kier molecular flexibility index (Phi) is 2.59. The molecule has 1 aromatic heterocycles. The molecule has 0 radical (unpaired) electrons. The van der Waals surface area contributed by atoms with E-state index < -0.39 is 0 Å². The average Bonchev–Trinajstić information content (AvgIpc) is 2.58. The van der Waals surface area contributed by atoms with E-state index in [0.29, 0.717) is 11.0 Å². The van der Waals surface area contributed by atoms with Gasteiger partial charge in [-0.25, -0.2) is 4.98 Å². The molecule has 1 aromatic rings. The summed E-state index contributed by atoms with van der Waals surface area (Å²) in [6.45, 7) is 8.54. The molecule has 1 aliphatic rings. The highest BCUT2D eigenvalue weighted by Gasteiger charge is 2.29. The molecule has 0 bridgehead atoms. The van der Waals surface area contributed by atoms with Crippen LogP contribution in [0.15, 0.2) is 12.1 Å². The van der Waals surface area contributed by atoms with E-state index in [0.717, 1.165) is 24.6 Å². The molecule has 0 aromatic carbocycles. The highest BCUT2D eigenvalue weighted by molar-refractivity contribution is 5.47. The van der Waals surface area contributed by atoms with Gasteiger partial charge < -0.3 is 4.90 Å². The first-order valence-electron chi connectivity index (χ1n) is 5.64. The van der Waals surface area contributed by atoms with E-state index in [9.17, 15) is 0 Å². The van der Waals surface area contributed by atoms with E-state index in [1.807, 2.05) is 19.1 Å². The quantitative estimate of drug-likeness (QED) is 0.722. The molecule has 0 aliphatic carbocycles. The van der Waals surface area contributed by atoms with Crippen molar-refractivity contribution < 1.29 is 0 Å². The number of anilines is 1. The Morgan fingerprint density at radius 1 is 1.44 bits per heavy atom. The number of hydrogen-bond acceptors (Lipinski definition) is 3. The van der Waals surface area contributed by atoms with Crippen LogP contribution in [0.4, 0.5) is 5.82 Å². The van der Waals surface area contributed by atoms with Crippen LogP contribution in [0.2, 0.25) is 0 Å². The van der Waals surface area contributed by atoms with E-state index >= 15 is 0 Å². The first kappa shape index (κ1) is 10.9. The van der Waals surface area contributed by atoms with Crippen LogP contribution >= 0.6 is 0 Å². The summed E-state index contributed by atoms with van der Waals surface area (Å²) in [5, 5.41) is 8.94. The topological polar surface area (TPSA) is 39.9 Å². The van der Waals surface area contributed by atoms with E-state index in [1.165, 1.54) is 6.42 Å². The molecule has 3 heteroatoms. The third kappa shape index (κ3) is 2.16. The highest BCUT2D eigenvalue weighted by Crippen LogP contribution is 2.31. The summed E-state index contributed by atoms with van der Waals surface area (Å²) in [6, 6.07) is 5.89. The van der Waals surface area contributed by atoms with Crippen molar-refractivity contribution in [1.82, 2.24) is 4.98 Å². The van der Waals surface area contributed by atoms with Gasteiger partial charge in [-0.15, -0.1) is 0 Å². The smallest absolute Gasteiger partial charge is 0.130 e. The van der Waals surface area contributed by atoms with E-state index in [2.05, 4.69) is 29.8 Å². The summed E-state index contributed by atoms with van der Waals surface area (Å²) in [6.07, 6.45) is 1.19. The minimum atomic E-state index is 0.359. The third-order valence-corrected chi connectivity index (χ3v) is 3.07. The second kappa shape index (κ2) is 3.79. The summed E-state index contributed by atoms with van der Waals surface area (Å²) in [4.78, 5) is 6.78. The minimum Gasteiger partial charge on any atom is -0.356 e. The molecule has 84 valence electrons. The molecule has 0 N–H and O–H groups in total. The Balaban J connectivity index is 2.29. The lowest BCUT2D eigenvalue weighted by molar-refractivity contribution is 0.418. The maximum atomic E-state index is 8.94. The summed E-state index contributed by atoms with van der Waals surface area (Å²) in [5.74, 6) is 0.946. The van der Waals surface area contributed by atoms with Gasteiger partial charge >= 0.3 is 0 Å². The normalized spacial score (nSPS) is 18.5. The van der Waals surface area contributed by atoms with Crippen LogP contribution in [0.1, 0.15) is 31.5 Å². The number of nitriles is 1. The van der Waals surface area contributed by atoms with Crippen LogP contribution in [-0.4, -0.2) is 18.1 Å². The second-order valence-electron chi connectivity index (χ2n) is 5.30. The van der Waals surface area contributed by atoms with Crippen molar-refractivity contribution >= 4 is 5.82 Å². The molecule has 0 atom stereocenters. The molecule has 2 rings (SSSR count). The number of aryl methyl sites for hydroxylation is 1. The van der Waals surface area contributed by atoms with Gasteiger partial charge in [0.1, 0.15) is 5.82 Å². The average molecular weight is 215 g/mol. The van der Waals surface area contributed by atoms with Crippen molar-refractivity contribution in [2.24, 2.45) is 5.41 Å². The lowest BCUT2D eigenvalue weighted by Gasteiger charge is -2.21. The zero-order valence-corrected chi connectivity index (χ0v) is 10.1. The van der Waals surface area contributed by atoms with Crippen molar-refractivity contribution in [2.75, 3.05) is 18.0 Å². The maximum absolute atomic E-state index is 8.94. The molecule has 16 heavy (non-hydrogen) atoms. The molecule has 1 saturated heterocycles. The van der Waals surface area contributed by atoms with Crippen LogP contribution in [-0.2, 0) is 0 Å². The molecule has 0 unspecified atom stereocenters. The zero-order chi connectivity index (χ0) is 11.8. The van der Waals surface area contributed by atoms with Crippen LogP contribution in [0, 0.1) is 23.7 Å². The van der Waals surface area contributed by atoms with Crippen molar-refractivity contribution in [3.63, 3.8) is 0 Å². The molecular formula is C13H17N3. The number of nitrogens with zero attached hydrogens (tertiary/aromatic N) is 3. The minimum absolute atomic E-state index is 0.359. The number of aromatic nitrogens is 1. The summed E-state index contributed by atoms with van der Waals surface area (Å²) in [5.41, 5.74) is 1.98.